The number of allylic oxidation sites excluding steroid dienone is 3. The van der Waals surface area contributed by atoms with Crippen LogP contribution in [0.5, 0.6) is 0 Å². The fourth-order valence-electron chi connectivity index (χ4n) is 13.6. The Morgan fingerprint density at radius 2 is 1.69 bits per heavy atom. The Bertz CT molecular complexity index is 1580. The van der Waals surface area contributed by atoms with E-state index in [-0.39, 0.29) is 10.8 Å². The third-order valence-electron chi connectivity index (χ3n) is 16.0. The van der Waals surface area contributed by atoms with Gasteiger partial charge in [-0.3, -0.25) is 4.98 Å². The van der Waals surface area contributed by atoms with Crippen LogP contribution in [0.25, 0.3) is 5.57 Å². The van der Waals surface area contributed by atoms with E-state index in [1.165, 1.54) is 73.8 Å². The zero-order valence-electron chi connectivity index (χ0n) is 30.6. The molecule has 0 saturated heterocycles. The van der Waals surface area contributed by atoms with Crippen molar-refractivity contribution in [1.29, 1.82) is 0 Å². The predicted octanol–water partition coefficient (Wildman–Crippen LogP) is 10.3. The first-order valence-electron chi connectivity index (χ1n) is 19.1. The molecule has 5 aliphatic rings. The van der Waals surface area contributed by atoms with E-state index in [9.17, 15) is 9.90 Å². The molecule has 4 nitrogen and oxygen atoms in total. The van der Waals surface area contributed by atoms with Gasteiger partial charge in [0.25, 0.3) is 0 Å². The number of nitrogens with zero attached hydrogens (tertiary/aromatic N) is 1. The van der Waals surface area contributed by atoms with Gasteiger partial charge < -0.3 is 10.4 Å². The number of aromatic carboxylic acids is 1. The van der Waals surface area contributed by atoms with Gasteiger partial charge in [0.15, 0.2) is 0 Å². The van der Waals surface area contributed by atoms with Crippen LogP contribution in [-0.4, -0.2) is 29.1 Å². The second kappa shape index (κ2) is 12.0. The van der Waals surface area contributed by atoms with Gasteiger partial charge in [0.05, 0.1) is 5.56 Å². The maximum absolute atomic E-state index is 11.5. The number of aromatic nitrogens is 1. The largest absolute Gasteiger partial charge is 0.478 e. The molecular formula is C44H60N2O2. The zero-order valence-corrected chi connectivity index (χ0v) is 30.6. The van der Waals surface area contributed by atoms with E-state index >= 15 is 0 Å². The molecular weight excluding hydrogens is 588 g/mol. The van der Waals surface area contributed by atoms with Crippen LogP contribution in [0.4, 0.5) is 0 Å². The lowest BCUT2D eigenvalue weighted by Crippen LogP contribution is -2.65. The van der Waals surface area contributed by atoms with Gasteiger partial charge in [0.2, 0.25) is 0 Å². The zero-order chi connectivity index (χ0) is 34.1. The number of pyridine rings is 1. The molecule has 0 unspecified atom stereocenters. The Hall–Kier alpha value is -2.72. The van der Waals surface area contributed by atoms with Crippen molar-refractivity contribution in [3.05, 3.63) is 83.7 Å². The number of carboxylic acid groups (broad SMARTS) is 1. The molecule has 1 aromatic carbocycles. The highest BCUT2D eigenvalue weighted by atomic mass is 16.4. The van der Waals surface area contributed by atoms with E-state index < -0.39 is 5.97 Å². The Balaban J connectivity index is 1.16. The van der Waals surface area contributed by atoms with E-state index in [1.54, 1.807) is 12.1 Å². The van der Waals surface area contributed by atoms with Gasteiger partial charge in [0.1, 0.15) is 0 Å². The molecule has 4 saturated carbocycles. The van der Waals surface area contributed by atoms with Gasteiger partial charge in [-0.25, -0.2) is 4.79 Å². The number of hydrogen-bond donors (Lipinski definition) is 2. The highest BCUT2D eigenvalue weighted by Gasteiger charge is 2.70. The topological polar surface area (TPSA) is 62.2 Å². The van der Waals surface area contributed by atoms with Crippen molar-refractivity contribution in [2.24, 2.45) is 56.7 Å². The molecule has 9 atom stereocenters. The Morgan fingerprint density at radius 3 is 2.38 bits per heavy atom. The van der Waals surface area contributed by atoms with Crippen molar-refractivity contribution in [1.82, 2.24) is 10.3 Å². The van der Waals surface area contributed by atoms with E-state index in [0.717, 1.165) is 37.8 Å². The first-order chi connectivity index (χ1) is 22.8. The molecule has 4 fully saturated rings. The average Bonchev–Trinajstić information content (AvgIpc) is 3.44. The Morgan fingerprint density at radius 1 is 0.917 bits per heavy atom. The van der Waals surface area contributed by atoms with Gasteiger partial charge in [-0.2, -0.15) is 0 Å². The van der Waals surface area contributed by atoms with Crippen molar-refractivity contribution in [2.45, 2.75) is 106 Å². The van der Waals surface area contributed by atoms with Gasteiger partial charge in [-0.15, -0.1) is 0 Å². The summed E-state index contributed by atoms with van der Waals surface area (Å²) in [6.45, 7) is 22.2. The summed E-state index contributed by atoms with van der Waals surface area (Å²) in [4.78, 5) is 16.1. The molecule has 0 bridgehead atoms. The average molecular weight is 649 g/mol. The van der Waals surface area contributed by atoms with Crippen LogP contribution in [-0.2, 0) is 6.42 Å². The summed E-state index contributed by atoms with van der Waals surface area (Å²) in [6, 6.07) is 13.9. The summed E-state index contributed by atoms with van der Waals surface area (Å²) in [5.41, 5.74) is 6.92. The standard InChI is InChI=1S/C44H60N2O2/c1-29(2)33-17-23-44(28-45-27-20-32-10-8-9-26-46-32)25-24-42(6)35(38(33)44)15-16-37-41(5)21-18-34(30-11-13-31(14-12-30)39(47)48)40(3,4)36(41)19-22-43(37,42)7/h8-14,18,26,33,35-38,45H,1,15-17,19-25,27-28H2,2-7H3,(H,47,48)/t33-,35+,36-,37+,38+,41-,42+,43+,44+/m0/s1. The molecule has 1 aromatic heterocycles. The monoisotopic (exact) mass is 648 g/mol. The SMILES string of the molecule is C=C(C)[C@@H]1CC[C@]2(CNCCc3ccccn3)CC[C@]3(C)[C@H](CC[C@@H]4[C@@]5(C)CC=C(c6ccc(C(=O)O)cc6)C(C)(C)[C@@H]5CC[C@]43C)[C@@H]12. The van der Waals surface area contributed by atoms with E-state index in [4.69, 9.17) is 0 Å². The highest BCUT2D eigenvalue weighted by Crippen LogP contribution is 2.77. The molecule has 4 heteroatoms. The lowest BCUT2D eigenvalue weighted by molar-refractivity contribution is -0.225. The van der Waals surface area contributed by atoms with Crippen molar-refractivity contribution in [3.8, 4) is 0 Å². The minimum Gasteiger partial charge on any atom is -0.478 e. The number of nitrogens with one attached hydrogen (secondary N) is 1. The second-order valence-electron chi connectivity index (χ2n) is 18.2. The van der Waals surface area contributed by atoms with Crippen LogP contribution in [0.15, 0.2) is 66.9 Å². The normalized spacial score (nSPS) is 39.7. The molecule has 1 heterocycles. The number of benzene rings is 1. The summed E-state index contributed by atoms with van der Waals surface area (Å²) in [7, 11) is 0. The number of fused-ring (bicyclic) bond motifs is 7. The maximum Gasteiger partial charge on any atom is 0.335 e. The third kappa shape index (κ3) is 5.01. The fourth-order valence-corrected chi connectivity index (χ4v) is 13.6. The van der Waals surface area contributed by atoms with Crippen LogP contribution >= 0.6 is 0 Å². The molecule has 258 valence electrons. The highest BCUT2D eigenvalue weighted by molar-refractivity contribution is 5.88. The summed E-state index contributed by atoms with van der Waals surface area (Å²) in [5.74, 6) is 2.59. The summed E-state index contributed by atoms with van der Waals surface area (Å²) in [5, 5.41) is 13.5. The predicted molar refractivity (Wildman–Crippen MR) is 197 cm³/mol. The summed E-state index contributed by atoms with van der Waals surface area (Å²) < 4.78 is 0. The first kappa shape index (κ1) is 33.8. The first-order valence-corrected chi connectivity index (χ1v) is 19.1. The molecule has 48 heavy (non-hydrogen) atoms. The van der Waals surface area contributed by atoms with E-state index in [2.05, 4.69) is 76.6 Å². The fraction of sp³-hybridized carbons (Fsp3) is 0.636. The van der Waals surface area contributed by atoms with Gasteiger partial charge >= 0.3 is 5.97 Å². The quantitative estimate of drug-likeness (QED) is 0.221. The summed E-state index contributed by atoms with van der Waals surface area (Å²) in [6.07, 6.45) is 17.2. The Kier molecular flexibility index (Phi) is 8.41. The van der Waals surface area contributed by atoms with Crippen LogP contribution in [0.1, 0.15) is 121 Å². The van der Waals surface area contributed by atoms with Crippen molar-refractivity contribution in [2.75, 3.05) is 13.1 Å². The third-order valence-corrected chi connectivity index (χ3v) is 16.0. The minimum atomic E-state index is -0.856. The van der Waals surface area contributed by atoms with E-state index in [0.29, 0.717) is 39.6 Å². The van der Waals surface area contributed by atoms with E-state index in [1.807, 2.05) is 24.4 Å². The van der Waals surface area contributed by atoms with Crippen molar-refractivity contribution in [3.63, 3.8) is 0 Å². The second-order valence-corrected chi connectivity index (χ2v) is 18.2. The minimum absolute atomic E-state index is 0.0377. The van der Waals surface area contributed by atoms with Crippen LogP contribution in [0.2, 0.25) is 0 Å². The van der Waals surface area contributed by atoms with Crippen molar-refractivity contribution < 1.29 is 9.90 Å². The lowest BCUT2D eigenvalue weighted by Gasteiger charge is -2.72. The molecule has 5 aliphatic carbocycles. The number of hydrogen-bond acceptors (Lipinski definition) is 3. The molecule has 0 amide bonds. The molecule has 0 aliphatic heterocycles. The van der Waals surface area contributed by atoms with Crippen LogP contribution in [0.3, 0.4) is 0 Å². The van der Waals surface area contributed by atoms with Crippen LogP contribution < -0.4 is 5.32 Å². The molecule has 0 spiro atoms. The summed E-state index contributed by atoms with van der Waals surface area (Å²) >= 11 is 0. The van der Waals surface area contributed by atoms with Gasteiger partial charge in [-0.1, -0.05) is 71.0 Å². The van der Waals surface area contributed by atoms with Crippen molar-refractivity contribution >= 4 is 11.5 Å². The maximum atomic E-state index is 11.5. The lowest BCUT2D eigenvalue weighted by atomic mass is 9.32. The Labute approximate surface area is 290 Å². The number of carboxylic acids is 1. The molecule has 2 N–H and O–H groups in total. The van der Waals surface area contributed by atoms with Crippen LogP contribution in [0, 0.1) is 56.7 Å². The molecule has 0 radical (unpaired) electrons. The smallest absolute Gasteiger partial charge is 0.335 e. The van der Waals surface area contributed by atoms with Gasteiger partial charge in [0, 0.05) is 31.4 Å². The molecule has 7 rings (SSSR count). The van der Waals surface area contributed by atoms with Gasteiger partial charge in [-0.05, 0) is 157 Å². The number of rotatable bonds is 8. The molecule has 2 aromatic rings. The number of carbonyl (C=O) groups is 1.